The van der Waals surface area contributed by atoms with Crippen molar-refractivity contribution in [3.05, 3.63) is 12.7 Å². The van der Waals surface area contributed by atoms with Gasteiger partial charge < -0.3 is 0 Å². The van der Waals surface area contributed by atoms with Gasteiger partial charge in [-0.1, -0.05) is 12.5 Å². The van der Waals surface area contributed by atoms with E-state index in [4.69, 9.17) is 0 Å². The lowest BCUT2D eigenvalue weighted by molar-refractivity contribution is 0.0152. The van der Waals surface area contributed by atoms with Gasteiger partial charge in [0.25, 0.3) is 0 Å². The van der Waals surface area contributed by atoms with Crippen molar-refractivity contribution in [1.82, 2.24) is 9.80 Å². The van der Waals surface area contributed by atoms with Crippen LogP contribution in [0, 0.1) is 0 Å². The van der Waals surface area contributed by atoms with Crippen molar-refractivity contribution in [2.45, 2.75) is 31.3 Å². The van der Waals surface area contributed by atoms with Crippen LogP contribution in [0.5, 0.6) is 0 Å². The maximum Gasteiger partial charge on any atom is 0.0223 e. The van der Waals surface area contributed by atoms with Gasteiger partial charge in [0.05, 0.1) is 0 Å². The first-order valence-corrected chi connectivity index (χ1v) is 5.36. The lowest BCUT2D eigenvalue weighted by Gasteiger charge is -2.48. The zero-order chi connectivity index (χ0) is 9.26. The highest BCUT2D eigenvalue weighted by atomic mass is 15.3. The fraction of sp³-hybridized carbons (Fsp3) is 0.818. The molecule has 13 heavy (non-hydrogen) atoms. The Bertz CT molecular complexity index is 177. The largest absolute Gasteiger partial charge is 0.298 e. The molecule has 2 saturated heterocycles. The maximum absolute atomic E-state index is 3.81. The molecule has 0 aliphatic carbocycles. The number of likely N-dealkylation sites (tertiary alicyclic amines) is 1. The molecule has 2 unspecified atom stereocenters. The zero-order valence-corrected chi connectivity index (χ0v) is 8.58. The van der Waals surface area contributed by atoms with Gasteiger partial charge in [-0.3, -0.25) is 9.80 Å². The SMILES string of the molecule is C=CCN1CC2CCCC(C1)N2C. The van der Waals surface area contributed by atoms with E-state index in [9.17, 15) is 0 Å². The van der Waals surface area contributed by atoms with Crippen LogP contribution in [0.2, 0.25) is 0 Å². The predicted octanol–water partition coefficient (Wildman–Crippen LogP) is 1.34. The number of likely N-dealkylation sites (N-methyl/N-ethyl adjacent to an activating group) is 1. The highest BCUT2D eigenvalue weighted by molar-refractivity contribution is 4.92. The fourth-order valence-electron chi connectivity index (χ4n) is 2.74. The number of hydrogen-bond donors (Lipinski definition) is 0. The van der Waals surface area contributed by atoms with E-state index in [1.165, 1.54) is 32.4 Å². The maximum atomic E-state index is 3.81. The molecule has 2 heteroatoms. The molecule has 2 fully saturated rings. The number of hydrogen-bond acceptors (Lipinski definition) is 2. The highest BCUT2D eigenvalue weighted by Gasteiger charge is 2.33. The summed E-state index contributed by atoms with van der Waals surface area (Å²) in [6.07, 6.45) is 6.24. The summed E-state index contributed by atoms with van der Waals surface area (Å²) in [6.45, 7) is 7.38. The van der Waals surface area contributed by atoms with Crippen molar-refractivity contribution in [1.29, 1.82) is 0 Å². The molecule has 0 spiro atoms. The van der Waals surface area contributed by atoms with Gasteiger partial charge in [0.2, 0.25) is 0 Å². The lowest BCUT2D eigenvalue weighted by atomic mass is 9.92. The third-order valence-corrected chi connectivity index (χ3v) is 3.55. The molecule has 2 heterocycles. The van der Waals surface area contributed by atoms with E-state index in [0.717, 1.165) is 18.6 Å². The average Bonchev–Trinajstić information content (AvgIpc) is 2.07. The molecule has 0 aromatic rings. The molecule has 0 aromatic carbocycles. The Morgan fingerprint density at radius 1 is 1.31 bits per heavy atom. The second-order valence-electron chi connectivity index (χ2n) is 4.41. The van der Waals surface area contributed by atoms with Crippen LogP contribution in [-0.2, 0) is 0 Å². The van der Waals surface area contributed by atoms with Crippen molar-refractivity contribution in [3.63, 3.8) is 0 Å². The molecule has 0 radical (unpaired) electrons. The molecular weight excluding hydrogens is 160 g/mol. The third-order valence-electron chi connectivity index (χ3n) is 3.55. The van der Waals surface area contributed by atoms with Gasteiger partial charge in [-0.05, 0) is 19.9 Å². The quantitative estimate of drug-likeness (QED) is 0.592. The molecule has 74 valence electrons. The summed E-state index contributed by atoms with van der Waals surface area (Å²) >= 11 is 0. The zero-order valence-electron chi connectivity index (χ0n) is 8.58. The molecule has 0 amide bonds. The summed E-state index contributed by atoms with van der Waals surface area (Å²) in [7, 11) is 2.29. The van der Waals surface area contributed by atoms with Crippen molar-refractivity contribution in [2.24, 2.45) is 0 Å². The smallest absolute Gasteiger partial charge is 0.0223 e. The Hall–Kier alpha value is -0.340. The number of fused-ring (bicyclic) bond motifs is 2. The van der Waals surface area contributed by atoms with E-state index in [-0.39, 0.29) is 0 Å². The summed E-state index contributed by atoms with van der Waals surface area (Å²) in [5.41, 5.74) is 0. The Balaban J connectivity index is 1.99. The topological polar surface area (TPSA) is 6.48 Å². The first kappa shape index (κ1) is 9.22. The van der Waals surface area contributed by atoms with E-state index in [1.54, 1.807) is 0 Å². The summed E-state index contributed by atoms with van der Waals surface area (Å²) in [4.78, 5) is 5.13. The van der Waals surface area contributed by atoms with Crippen LogP contribution in [0.4, 0.5) is 0 Å². The van der Waals surface area contributed by atoms with Crippen molar-refractivity contribution < 1.29 is 0 Å². The van der Waals surface area contributed by atoms with E-state index in [2.05, 4.69) is 23.4 Å². The second kappa shape index (κ2) is 3.81. The van der Waals surface area contributed by atoms with Crippen LogP contribution < -0.4 is 0 Å². The second-order valence-corrected chi connectivity index (χ2v) is 4.41. The third kappa shape index (κ3) is 1.79. The number of rotatable bonds is 2. The standard InChI is InChI=1S/C11H20N2/c1-3-7-13-8-10-5-4-6-11(9-13)12(10)2/h3,10-11H,1,4-9H2,2H3. The lowest BCUT2D eigenvalue weighted by Crippen LogP contribution is -2.59. The minimum absolute atomic E-state index is 0.812. The van der Waals surface area contributed by atoms with Crippen molar-refractivity contribution >= 4 is 0 Å². The summed E-state index contributed by atoms with van der Waals surface area (Å²) in [5.74, 6) is 0. The Morgan fingerprint density at radius 2 is 1.92 bits per heavy atom. The molecule has 2 nitrogen and oxygen atoms in total. The molecule has 0 aromatic heterocycles. The minimum Gasteiger partial charge on any atom is -0.298 e. The van der Waals surface area contributed by atoms with Crippen LogP contribution in [0.3, 0.4) is 0 Å². The molecule has 2 bridgehead atoms. The molecular formula is C11H20N2. The van der Waals surface area contributed by atoms with Gasteiger partial charge in [-0.15, -0.1) is 6.58 Å². The van der Waals surface area contributed by atoms with Crippen LogP contribution in [0.1, 0.15) is 19.3 Å². The first-order chi connectivity index (χ1) is 6.31. The molecule has 0 N–H and O–H groups in total. The summed E-state index contributed by atoms with van der Waals surface area (Å²) in [5, 5.41) is 0. The molecule has 0 saturated carbocycles. The summed E-state index contributed by atoms with van der Waals surface area (Å²) in [6, 6.07) is 1.62. The van der Waals surface area contributed by atoms with Crippen LogP contribution in [0.15, 0.2) is 12.7 Å². The van der Waals surface area contributed by atoms with Gasteiger partial charge in [-0.2, -0.15) is 0 Å². The van der Waals surface area contributed by atoms with Crippen LogP contribution >= 0.6 is 0 Å². The van der Waals surface area contributed by atoms with Gasteiger partial charge in [0, 0.05) is 31.7 Å². The van der Waals surface area contributed by atoms with Gasteiger partial charge in [-0.25, -0.2) is 0 Å². The molecule has 2 rings (SSSR count). The Kier molecular flexibility index (Phi) is 2.70. The number of piperazine rings is 1. The van der Waals surface area contributed by atoms with Gasteiger partial charge >= 0.3 is 0 Å². The number of piperidine rings is 1. The van der Waals surface area contributed by atoms with E-state index in [0.29, 0.717) is 0 Å². The van der Waals surface area contributed by atoms with Crippen molar-refractivity contribution in [2.75, 3.05) is 26.7 Å². The molecule has 2 atom stereocenters. The highest BCUT2D eigenvalue weighted by Crippen LogP contribution is 2.26. The van der Waals surface area contributed by atoms with E-state index in [1.807, 2.05) is 6.08 Å². The normalized spacial score (nSPS) is 36.1. The summed E-state index contributed by atoms with van der Waals surface area (Å²) < 4.78 is 0. The predicted molar refractivity (Wildman–Crippen MR) is 55.8 cm³/mol. The van der Waals surface area contributed by atoms with E-state index < -0.39 is 0 Å². The molecule has 2 aliphatic rings. The van der Waals surface area contributed by atoms with Crippen molar-refractivity contribution in [3.8, 4) is 0 Å². The van der Waals surface area contributed by atoms with E-state index >= 15 is 0 Å². The van der Waals surface area contributed by atoms with Gasteiger partial charge in [0.15, 0.2) is 0 Å². The van der Waals surface area contributed by atoms with Gasteiger partial charge in [0.1, 0.15) is 0 Å². The van der Waals surface area contributed by atoms with Crippen LogP contribution in [0.25, 0.3) is 0 Å². The first-order valence-electron chi connectivity index (χ1n) is 5.36. The molecule has 2 aliphatic heterocycles. The number of nitrogens with zero attached hydrogens (tertiary/aromatic N) is 2. The average molecular weight is 180 g/mol. The fourth-order valence-corrected chi connectivity index (χ4v) is 2.74. The minimum atomic E-state index is 0.812. The monoisotopic (exact) mass is 180 g/mol. The Labute approximate surface area is 81.2 Å². The Morgan fingerprint density at radius 3 is 2.46 bits per heavy atom. The van der Waals surface area contributed by atoms with Crippen LogP contribution in [-0.4, -0.2) is 48.6 Å².